The number of amides is 1. The van der Waals surface area contributed by atoms with E-state index < -0.39 is 21.7 Å². The number of nitro benzene ring substituents is 1. The summed E-state index contributed by atoms with van der Waals surface area (Å²) in [5.74, 6) is -0.968. The Labute approximate surface area is 197 Å². The number of aromatic nitrogens is 2. The topological polar surface area (TPSA) is 181 Å². The molecule has 1 amide bonds. The zero-order chi connectivity index (χ0) is 25.5. The Balaban J connectivity index is 1.66. The highest BCUT2D eigenvalue weighted by atomic mass is 16.6. The van der Waals surface area contributed by atoms with Crippen LogP contribution in [-0.2, 0) is 11.3 Å². The van der Waals surface area contributed by atoms with Gasteiger partial charge in [0, 0.05) is 17.7 Å². The number of nitro groups is 2. The maximum absolute atomic E-state index is 12.4. The molecule has 0 saturated heterocycles. The molecule has 1 N–H and O–H groups in total. The number of methoxy groups -OCH3 is 1. The first-order chi connectivity index (χ1) is 16.7. The van der Waals surface area contributed by atoms with E-state index in [1.807, 2.05) is 0 Å². The van der Waals surface area contributed by atoms with Crippen molar-refractivity contribution in [1.29, 1.82) is 0 Å². The maximum atomic E-state index is 12.4. The molecule has 3 rings (SSSR count). The van der Waals surface area contributed by atoms with E-state index in [0.29, 0.717) is 11.3 Å². The van der Waals surface area contributed by atoms with Crippen LogP contribution in [0.25, 0.3) is 0 Å². The van der Waals surface area contributed by atoms with Crippen molar-refractivity contribution in [2.24, 2.45) is 5.10 Å². The quantitative estimate of drug-likeness (QED) is 0.157. The number of carbonyl (C=O) groups excluding carboxylic acids is 2. The minimum Gasteiger partial charge on any atom is -0.493 e. The van der Waals surface area contributed by atoms with Crippen molar-refractivity contribution in [3.05, 3.63) is 86.2 Å². The van der Waals surface area contributed by atoms with E-state index in [1.165, 1.54) is 37.4 Å². The summed E-state index contributed by atoms with van der Waals surface area (Å²) >= 11 is 0. The molecule has 0 unspecified atom stereocenters. The predicted octanol–water partition coefficient (Wildman–Crippen LogP) is 2.47. The molecular weight excluding hydrogens is 464 g/mol. The van der Waals surface area contributed by atoms with Gasteiger partial charge in [0.1, 0.15) is 18.9 Å². The van der Waals surface area contributed by atoms with Crippen molar-refractivity contribution < 1.29 is 28.9 Å². The Morgan fingerprint density at radius 3 is 2.29 bits per heavy atom. The van der Waals surface area contributed by atoms with Crippen LogP contribution in [0.1, 0.15) is 22.8 Å². The molecule has 2 aromatic carbocycles. The van der Waals surface area contributed by atoms with Gasteiger partial charge in [-0.3, -0.25) is 29.7 Å². The van der Waals surface area contributed by atoms with Crippen molar-refractivity contribution in [1.82, 2.24) is 15.2 Å². The molecule has 0 radical (unpaired) electrons. The number of hydrazone groups is 1. The van der Waals surface area contributed by atoms with Crippen LogP contribution in [0.3, 0.4) is 0 Å². The Morgan fingerprint density at radius 2 is 1.69 bits per heavy atom. The number of hydrogen-bond acceptors (Lipinski definition) is 10. The highest BCUT2D eigenvalue weighted by molar-refractivity contribution is 6.00. The molecule has 0 fully saturated rings. The van der Waals surface area contributed by atoms with Gasteiger partial charge in [0.15, 0.2) is 11.5 Å². The van der Waals surface area contributed by atoms with Crippen LogP contribution in [0.15, 0.2) is 60.0 Å². The van der Waals surface area contributed by atoms with Gasteiger partial charge >= 0.3 is 11.7 Å². The second-order valence-electron chi connectivity index (χ2n) is 6.94. The summed E-state index contributed by atoms with van der Waals surface area (Å²) in [6, 6.07) is 9.55. The third kappa shape index (κ3) is 6.22. The van der Waals surface area contributed by atoms with E-state index in [1.54, 1.807) is 19.1 Å². The SMILES string of the molecule is COc1cc(/C(C)=N/NC(=O)Cn2cc([N+](=O)[O-])cn2)ccc1OC(=O)c1ccc([N+](=O)[O-])cc1. The van der Waals surface area contributed by atoms with Crippen LogP contribution < -0.4 is 14.9 Å². The zero-order valence-electron chi connectivity index (χ0n) is 18.4. The number of ether oxygens (including phenoxy) is 2. The molecule has 1 aromatic heterocycles. The van der Waals surface area contributed by atoms with Gasteiger partial charge in [-0.25, -0.2) is 10.2 Å². The number of rotatable bonds is 9. The first-order valence-electron chi connectivity index (χ1n) is 9.83. The normalized spacial score (nSPS) is 11.0. The lowest BCUT2D eigenvalue weighted by Crippen LogP contribution is -2.24. The van der Waals surface area contributed by atoms with Gasteiger partial charge in [0.2, 0.25) is 0 Å². The molecule has 0 spiro atoms. The number of nitrogens with zero attached hydrogens (tertiary/aromatic N) is 5. The zero-order valence-corrected chi connectivity index (χ0v) is 18.4. The van der Waals surface area contributed by atoms with E-state index >= 15 is 0 Å². The van der Waals surface area contributed by atoms with E-state index in [0.717, 1.165) is 17.1 Å². The predicted molar refractivity (Wildman–Crippen MR) is 120 cm³/mol. The molecule has 14 heteroatoms. The van der Waals surface area contributed by atoms with Crippen molar-refractivity contribution in [2.75, 3.05) is 7.11 Å². The molecule has 0 aliphatic carbocycles. The molecule has 0 bridgehead atoms. The van der Waals surface area contributed by atoms with Crippen molar-refractivity contribution >= 4 is 29.0 Å². The highest BCUT2D eigenvalue weighted by Gasteiger charge is 2.16. The van der Waals surface area contributed by atoms with Gasteiger partial charge in [-0.15, -0.1) is 0 Å². The van der Waals surface area contributed by atoms with E-state index in [2.05, 4.69) is 15.6 Å². The Morgan fingerprint density at radius 1 is 1.03 bits per heavy atom. The van der Waals surface area contributed by atoms with Gasteiger partial charge in [0.05, 0.1) is 28.2 Å². The fourth-order valence-corrected chi connectivity index (χ4v) is 2.78. The van der Waals surface area contributed by atoms with Crippen LogP contribution in [0.4, 0.5) is 11.4 Å². The summed E-state index contributed by atoms with van der Waals surface area (Å²) in [5.41, 5.74) is 3.00. The third-order valence-electron chi connectivity index (χ3n) is 4.58. The number of nitrogens with one attached hydrogen (secondary N) is 1. The van der Waals surface area contributed by atoms with E-state index in [4.69, 9.17) is 9.47 Å². The summed E-state index contributed by atoms with van der Waals surface area (Å²) in [7, 11) is 1.37. The standard InChI is InChI=1S/C21H18N6O8/c1-13(23-24-20(28)12-25-11-17(10-22-25)27(32)33)15-5-8-18(19(9-15)34-2)35-21(29)14-3-6-16(7-4-14)26(30)31/h3-11H,12H2,1-2H3,(H,24,28)/b23-13+. The molecule has 0 aliphatic rings. The molecule has 0 atom stereocenters. The lowest BCUT2D eigenvalue weighted by molar-refractivity contribution is -0.385. The maximum Gasteiger partial charge on any atom is 0.343 e. The largest absolute Gasteiger partial charge is 0.493 e. The molecule has 14 nitrogen and oxygen atoms in total. The minimum atomic E-state index is -0.734. The summed E-state index contributed by atoms with van der Waals surface area (Å²) in [6.07, 6.45) is 2.15. The Kier molecular flexibility index (Phi) is 7.46. The van der Waals surface area contributed by atoms with Crippen LogP contribution in [0.5, 0.6) is 11.5 Å². The van der Waals surface area contributed by atoms with Gasteiger partial charge in [0.25, 0.3) is 11.6 Å². The van der Waals surface area contributed by atoms with E-state index in [-0.39, 0.29) is 35.0 Å². The molecule has 3 aromatic rings. The Bertz CT molecular complexity index is 1320. The van der Waals surface area contributed by atoms with Crippen molar-refractivity contribution in [3.8, 4) is 11.5 Å². The summed E-state index contributed by atoms with van der Waals surface area (Å²) < 4.78 is 11.7. The van der Waals surface area contributed by atoms with Crippen LogP contribution >= 0.6 is 0 Å². The molecule has 35 heavy (non-hydrogen) atoms. The summed E-state index contributed by atoms with van der Waals surface area (Å²) in [6.45, 7) is 1.35. The first kappa shape index (κ1) is 24.5. The van der Waals surface area contributed by atoms with Gasteiger partial charge in [-0.2, -0.15) is 10.2 Å². The molecule has 0 aliphatic heterocycles. The lowest BCUT2D eigenvalue weighted by atomic mass is 10.1. The molecule has 180 valence electrons. The molecular formula is C21H18N6O8. The second-order valence-corrected chi connectivity index (χ2v) is 6.94. The third-order valence-corrected chi connectivity index (χ3v) is 4.58. The number of carbonyl (C=O) groups is 2. The molecule has 1 heterocycles. The average molecular weight is 482 g/mol. The number of hydrogen-bond donors (Lipinski definition) is 1. The second kappa shape index (κ2) is 10.7. The van der Waals surface area contributed by atoms with Crippen LogP contribution in [-0.4, -0.2) is 44.3 Å². The fourth-order valence-electron chi connectivity index (χ4n) is 2.78. The van der Waals surface area contributed by atoms with Gasteiger partial charge in [-0.05, 0) is 37.3 Å². The van der Waals surface area contributed by atoms with Gasteiger partial charge < -0.3 is 9.47 Å². The average Bonchev–Trinajstić information content (AvgIpc) is 3.31. The smallest absolute Gasteiger partial charge is 0.343 e. The lowest BCUT2D eigenvalue weighted by Gasteiger charge is -2.11. The minimum absolute atomic E-state index is 0.108. The first-order valence-corrected chi connectivity index (χ1v) is 9.83. The highest BCUT2D eigenvalue weighted by Crippen LogP contribution is 2.29. The number of non-ortho nitro benzene ring substituents is 1. The van der Waals surface area contributed by atoms with Gasteiger partial charge in [-0.1, -0.05) is 0 Å². The monoisotopic (exact) mass is 482 g/mol. The fraction of sp³-hybridized carbons (Fsp3) is 0.143. The van der Waals surface area contributed by atoms with Crippen molar-refractivity contribution in [2.45, 2.75) is 13.5 Å². The van der Waals surface area contributed by atoms with Crippen molar-refractivity contribution in [3.63, 3.8) is 0 Å². The Hall–Kier alpha value is -5.14. The number of benzene rings is 2. The summed E-state index contributed by atoms with van der Waals surface area (Å²) in [5, 5.41) is 29.2. The van der Waals surface area contributed by atoms with Crippen LogP contribution in [0.2, 0.25) is 0 Å². The molecule has 0 saturated carbocycles. The number of esters is 1. The summed E-state index contributed by atoms with van der Waals surface area (Å²) in [4.78, 5) is 44.7. The van der Waals surface area contributed by atoms with E-state index in [9.17, 15) is 29.8 Å². The van der Waals surface area contributed by atoms with Crippen LogP contribution in [0, 0.1) is 20.2 Å².